The molecule has 0 amide bonds. The van der Waals surface area contributed by atoms with E-state index in [0.29, 0.717) is 17.2 Å². The molecule has 8 nitrogen and oxygen atoms in total. The Morgan fingerprint density at radius 1 is 1.04 bits per heavy atom. The number of hydrogen-bond donors (Lipinski definition) is 1. The van der Waals surface area contributed by atoms with E-state index in [0.717, 1.165) is 5.56 Å². The van der Waals surface area contributed by atoms with E-state index in [4.69, 9.17) is 9.47 Å². The molecule has 0 saturated carbocycles. The smallest absolute Gasteiger partial charge is 0.373 e. The summed E-state index contributed by atoms with van der Waals surface area (Å²) in [5.74, 6) is 0.627. The number of nitrogens with one attached hydrogen (secondary N) is 1. The van der Waals surface area contributed by atoms with Crippen molar-refractivity contribution in [2.75, 3.05) is 12.4 Å². The van der Waals surface area contributed by atoms with Gasteiger partial charge in [0, 0.05) is 5.69 Å². The molecule has 0 aliphatic carbocycles. The summed E-state index contributed by atoms with van der Waals surface area (Å²) in [6, 6.07) is 14.2. The lowest BCUT2D eigenvalue weighted by atomic mass is 10.2. The second kappa shape index (κ2) is 7.47. The molecule has 0 fully saturated rings. The van der Waals surface area contributed by atoms with E-state index in [2.05, 4.69) is 15.3 Å². The number of aryl methyl sites for hydroxylation is 1. The fourth-order valence-electron chi connectivity index (χ4n) is 2.34. The Kier molecular flexibility index (Phi) is 4.93. The van der Waals surface area contributed by atoms with Crippen LogP contribution in [0.2, 0.25) is 0 Å². The number of benzene rings is 2. The van der Waals surface area contributed by atoms with Gasteiger partial charge in [0.05, 0.1) is 12.0 Å². The zero-order valence-corrected chi connectivity index (χ0v) is 14.2. The van der Waals surface area contributed by atoms with Crippen LogP contribution in [0.25, 0.3) is 0 Å². The van der Waals surface area contributed by atoms with Crippen LogP contribution in [0.3, 0.4) is 0 Å². The van der Waals surface area contributed by atoms with Crippen LogP contribution in [-0.2, 0) is 0 Å². The molecular formula is C18H16N4O4. The number of ether oxygens (including phenoxy) is 2. The zero-order chi connectivity index (χ0) is 18.5. The molecule has 0 atom stereocenters. The van der Waals surface area contributed by atoms with Crippen LogP contribution in [0.15, 0.2) is 54.9 Å². The Morgan fingerprint density at radius 3 is 2.42 bits per heavy atom. The Labute approximate surface area is 149 Å². The lowest BCUT2D eigenvalue weighted by Gasteiger charge is -2.12. The Morgan fingerprint density at radius 2 is 1.73 bits per heavy atom. The molecule has 1 aromatic heterocycles. The average Bonchev–Trinajstić information content (AvgIpc) is 2.64. The minimum Gasteiger partial charge on any atom is -0.493 e. The number of aromatic nitrogens is 2. The maximum absolute atomic E-state index is 11.6. The van der Waals surface area contributed by atoms with Crippen LogP contribution in [0.4, 0.5) is 17.2 Å². The molecule has 2 aromatic carbocycles. The molecule has 26 heavy (non-hydrogen) atoms. The van der Waals surface area contributed by atoms with Gasteiger partial charge in [0.15, 0.2) is 11.5 Å². The Hall–Kier alpha value is -3.68. The lowest BCUT2D eigenvalue weighted by Crippen LogP contribution is -2.04. The Bertz CT molecular complexity index is 946. The van der Waals surface area contributed by atoms with E-state index in [1.165, 1.54) is 13.4 Å². The number of anilines is 2. The van der Waals surface area contributed by atoms with Crippen LogP contribution in [0.1, 0.15) is 5.56 Å². The molecule has 3 rings (SSSR count). The molecule has 1 heterocycles. The summed E-state index contributed by atoms with van der Waals surface area (Å²) in [4.78, 5) is 19.0. The molecule has 1 N–H and O–H groups in total. The number of rotatable bonds is 6. The second-order valence-corrected chi connectivity index (χ2v) is 5.33. The van der Waals surface area contributed by atoms with Crippen LogP contribution in [0, 0.1) is 17.0 Å². The van der Waals surface area contributed by atoms with Crippen LogP contribution in [-0.4, -0.2) is 22.0 Å². The maximum atomic E-state index is 11.6. The monoisotopic (exact) mass is 352 g/mol. The lowest BCUT2D eigenvalue weighted by molar-refractivity contribution is -0.385. The quantitative estimate of drug-likeness (QED) is 0.523. The molecule has 8 heteroatoms. The van der Waals surface area contributed by atoms with E-state index in [9.17, 15) is 10.1 Å². The van der Waals surface area contributed by atoms with Crippen molar-refractivity contribution in [2.45, 2.75) is 6.92 Å². The zero-order valence-electron chi connectivity index (χ0n) is 14.2. The molecule has 132 valence electrons. The van der Waals surface area contributed by atoms with Gasteiger partial charge in [0.2, 0.25) is 5.82 Å². The normalized spacial score (nSPS) is 10.2. The summed E-state index contributed by atoms with van der Waals surface area (Å²) in [5.41, 5.74) is 1.27. The minimum atomic E-state index is -0.578. The summed E-state index contributed by atoms with van der Waals surface area (Å²) in [7, 11) is 1.49. The first kappa shape index (κ1) is 17.2. The largest absolute Gasteiger partial charge is 0.493 e. The first-order valence-electron chi connectivity index (χ1n) is 7.73. The van der Waals surface area contributed by atoms with Gasteiger partial charge in [-0.3, -0.25) is 10.1 Å². The summed E-state index contributed by atoms with van der Waals surface area (Å²) in [6.07, 6.45) is 1.21. The Balaban J connectivity index is 2.01. The van der Waals surface area contributed by atoms with Gasteiger partial charge in [-0.2, -0.15) is 4.98 Å². The molecule has 0 saturated heterocycles. The van der Waals surface area contributed by atoms with Crippen molar-refractivity contribution in [1.82, 2.24) is 9.97 Å². The van der Waals surface area contributed by atoms with Gasteiger partial charge in [-0.1, -0.05) is 30.3 Å². The third-order valence-electron chi connectivity index (χ3n) is 3.65. The molecule has 3 aromatic rings. The van der Waals surface area contributed by atoms with E-state index >= 15 is 0 Å². The second-order valence-electron chi connectivity index (χ2n) is 5.33. The van der Waals surface area contributed by atoms with Gasteiger partial charge >= 0.3 is 11.6 Å². The van der Waals surface area contributed by atoms with Crippen molar-refractivity contribution >= 4 is 17.2 Å². The van der Waals surface area contributed by atoms with Crippen molar-refractivity contribution in [1.29, 1.82) is 0 Å². The molecule has 0 aliphatic rings. The standard InChI is InChI=1S/C18H16N4O4/c1-12-7-3-4-8-13(12)21-17-16(22(23)24)18(20-11-19-17)26-15-10-6-5-9-14(15)25-2/h3-11H,1-2H3,(H,19,20,21). The van der Waals surface area contributed by atoms with E-state index in [1.54, 1.807) is 24.3 Å². The molecule has 0 unspecified atom stereocenters. The molecule has 0 aliphatic heterocycles. The first-order chi connectivity index (χ1) is 12.6. The number of methoxy groups -OCH3 is 1. The van der Waals surface area contributed by atoms with Gasteiger partial charge in [-0.05, 0) is 30.7 Å². The SMILES string of the molecule is COc1ccccc1Oc1ncnc(Nc2ccccc2C)c1[N+](=O)[O-]. The highest BCUT2D eigenvalue weighted by Gasteiger charge is 2.26. The van der Waals surface area contributed by atoms with E-state index < -0.39 is 4.92 Å². The predicted molar refractivity (Wildman–Crippen MR) is 96.2 cm³/mol. The van der Waals surface area contributed by atoms with Crippen molar-refractivity contribution in [3.8, 4) is 17.4 Å². The van der Waals surface area contributed by atoms with Gasteiger partial charge in [0.25, 0.3) is 0 Å². The van der Waals surface area contributed by atoms with Crippen LogP contribution < -0.4 is 14.8 Å². The minimum absolute atomic E-state index is 0.0456. The highest BCUT2D eigenvalue weighted by molar-refractivity contribution is 5.70. The van der Waals surface area contributed by atoms with Gasteiger partial charge < -0.3 is 14.8 Å². The number of hydrogen-bond acceptors (Lipinski definition) is 7. The van der Waals surface area contributed by atoms with Crippen molar-refractivity contribution in [2.24, 2.45) is 0 Å². The van der Waals surface area contributed by atoms with Gasteiger partial charge in [-0.25, -0.2) is 4.98 Å². The highest BCUT2D eigenvalue weighted by atomic mass is 16.6. The number of nitrogens with zero attached hydrogens (tertiary/aromatic N) is 3. The molecule has 0 radical (unpaired) electrons. The maximum Gasteiger partial charge on any atom is 0.373 e. The summed E-state index contributed by atoms with van der Waals surface area (Å²) < 4.78 is 10.8. The fourth-order valence-corrected chi connectivity index (χ4v) is 2.34. The van der Waals surface area contributed by atoms with Crippen molar-refractivity contribution < 1.29 is 14.4 Å². The summed E-state index contributed by atoms with van der Waals surface area (Å²) in [5, 5.41) is 14.6. The first-order valence-corrected chi connectivity index (χ1v) is 7.73. The topological polar surface area (TPSA) is 99.4 Å². The summed E-state index contributed by atoms with van der Waals surface area (Å²) >= 11 is 0. The van der Waals surface area contributed by atoms with Crippen LogP contribution >= 0.6 is 0 Å². The highest BCUT2D eigenvalue weighted by Crippen LogP contribution is 2.38. The molecule has 0 spiro atoms. The molecular weight excluding hydrogens is 336 g/mol. The van der Waals surface area contributed by atoms with E-state index in [1.807, 2.05) is 31.2 Å². The van der Waals surface area contributed by atoms with E-state index in [-0.39, 0.29) is 17.4 Å². The van der Waals surface area contributed by atoms with Crippen LogP contribution in [0.5, 0.6) is 17.4 Å². The average molecular weight is 352 g/mol. The van der Waals surface area contributed by atoms with Crippen molar-refractivity contribution in [3.63, 3.8) is 0 Å². The fraction of sp³-hybridized carbons (Fsp3) is 0.111. The predicted octanol–water partition coefficient (Wildman–Crippen LogP) is 4.24. The number of nitro groups is 1. The number of para-hydroxylation sites is 3. The summed E-state index contributed by atoms with van der Waals surface area (Å²) in [6.45, 7) is 1.89. The molecule has 0 bridgehead atoms. The van der Waals surface area contributed by atoms with Crippen molar-refractivity contribution in [3.05, 3.63) is 70.5 Å². The van der Waals surface area contributed by atoms with Gasteiger partial charge in [0.1, 0.15) is 6.33 Å². The van der Waals surface area contributed by atoms with Gasteiger partial charge in [-0.15, -0.1) is 0 Å². The third kappa shape index (κ3) is 3.54. The third-order valence-corrected chi connectivity index (χ3v) is 3.65.